The average molecular weight is 251 g/mol. The predicted octanol–water partition coefficient (Wildman–Crippen LogP) is 0.948. The summed E-state index contributed by atoms with van der Waals surface area (Å²) in [7, 11) is 0. The van der Waals surface area contributed by atoms with Crippen molar-refractivity contribution in [2.75, 3.05) is 30.3 Å². The first-order valence-electron chi connectivity index (χ1n) is 6.17. The van der Waals surface area contributed by atoms with Crippen LogP contribution < -0.4 is 10.6 Å². The fraction of sp³-hybridized carbons (Fsp3) is 0.615. The first kappa shape index (κ1) is 13.1. The van der Waals surface area contributed by atoms with Gasteiger partial charge in [0.05, 0.1) is 30.2 Å². The Hall–Kier alpha value is -1.33. The molecule has 5 heteroatoms. The summed E-state index contributed by atoms with van der Waals surface area (Å²) in [5.41, 5.74) is 7.21. The quantitative estimate of drug-likeness (QED) is 0.818. The van der Waals surface area contributed by atoms with Gasteiger partial charge >= 0.3 is 0 Å². The van der Waals surface area contributed by atoms with Crippen molar-refractivity contribution < 1.29 is 9.84 Å². The first-order chi connectivity index (χ1) is 8.41. The fourth-order valence-electron chi connectivity index (χ4n) is 2.29. The van der Waals surface area contributed by atoms with Crippen molar-refractivity contribution in [1.82, 2.24) is 4.98 Å². The maximum Gasteiger partial charge on any atom is 0.129 e. The maximum absolute atomic E-state index is 9.29. The van der Waals surface area contributed by atoms with Crippen molar-refractivity contribution in [2.45, 2.75) is 32.5 Å². The number of pyridine rings is 1. The number of nitrogens with two attached hydrogens (primary N) is 1. The summed E-state index contributed by atoms with van der Waals surface area (Å²) < 4.78 is 5.78. The van der Waals surface area contributed by atoms with E-state index in [0.717, 1.165) is 17.9 Å². The summed E-state index contributed by atoms with van der Waals surface area (Å²) in [5.74, 6) is 0.886. The normalized spacial score (nSPS) is 23.1. The van der Waals surface area contributed by atoms with Crippen molar-refractivity contribution in [3.05, 3.63) is 17.8 Å². The van der Waals surface area contributed by atoms with Crippen LogP contribution >= 0.6 is 0 Å². The maximum atomic E-state index is 9.29. The molecule has 0 spiro atoms. The van der Waals surface area contributed by atoms with Gasteiger partial charge in [-0.2, -0.15) is 0 Å². The molecule has 18 heavy (non-hydrogen) atoms. The van der Waals surface area contributed by atoms with Gasteiger partial charge in [0, 0.05) is 13.1 Å². The molecule has 0 aliphatic carbocycles. The van der Waals surface area contributed by atoms with Crippen molar-refractivity contribution in [3.8, 4) is 0 Å². The van der Waals surface area contributed by atoms with Gasteiger partial charge in [-0.05, 0) is 32.4 Å². The second-order valence-corrected chi connectivity index (χ2v) is 5.46. The number of aliphatic hydroxyl groups is 1. The molecule has 2 rings (SSSR count). The van der Waals surface area contributed by atoms with E-state index in [2.05, 4.69) is 9.88 Å². The van der Waals surface area contributed by atoms with Crippen LogP contribution in [-0.2, 0) is 4.74 Å². The molecule has 1 fully saturated rings. The standard InChI is InChI=1S/C13H21N3O2/c1-9-4-12(15-5-11(9)14)16-6-10(7-17)18-13(2,3)8-16/h4-5,10,17H,6-8,14H2,1-3H3. The van der Waals surface area contributed by atoms with Gasteiger partial charge in [-0.3, -0.25) is 0 Å². The number of rotatable bonds is 2. The minimum absolute atomic E-state index is 0.0217. The third-order valence-electron chi connectivity index (χ3n) is 3.15. The summed E-state index contributed by atoms with van der Waals surface area (Å²) in [5, 5.41) is 9.29. The van der Waals surface area contributed by atoms with Gasteiger partial charge in [0.15, 0.2) is 0 Å². The number of nitrogen functional groups attached to an aromatic ring is 1. The van der Waals surface area contributed by atoms with Gasteiger partial charge < -0.3 is 20.5 Å². The van der Waals surface area contributed by atoms with E-state index in [4.69, 9.17) is 10.5 Å². The predicted molar refractivity (Wildman–Crippen MR) is 71.6 cm³/mol. The van der Waals surface area contributed by atoms with Crippen molar-refractivity contribution >= 4 is 11.5 Å². The Morgan fingerprint density at radius 3 is 2.94 bits per heavy atom. The third kappa shape index (κ3) is 2.73. The van der Waals surface area contributed by atoms with Crippen molar-refractivity contribution in [3.63, 3.8) is 0 Å². The first-order valence-corrected chi connectivity index (χ1v) is 6.17. The highest BCUT2D eigenvalue weighted by molar-refractivity contribution is 5.52. The molecule has 0 bridgehead atoms. The van der Waals surface area contributed by atoms with Crippen LogP contribution in [-0.4, -0.2) is 41.5 Å². The Morgan fingerprint density at radius 1 is 1.61 bits per heavy atom. The molecule has 100 valence electrons. The Balaban J connectivity index is 2.23. The number of aliphatic hydroxyl groups excluding tert-OH is 1. The Labute approximate surface area is 108 Å². The molecule has 1 atom stereocenters. The minimum Gasteiger partial charge on any atom is -0.397 e. The molecule has 1 unspecified atom stereocenters. The number of morpholine rings is 1. The number of nitrogens with zero attached hydrogens (tertiary/aromatic N) is 2. The largest absolute Gasteiger partial charge is 0.397 e. The lowest BCUT2D eigenvalue weighted by atomic mass is 10.1. The van der Waals surface area contributed by atoms with Crippen LogP contribution in [0.3, 0.4) is 0 Å². The van der Waals surface area contributed by atoms with Gasteiger partial charge in [0.1, 0.15) is 5.82 Å². The molecule has 1 aromatic heterocycles. The van der Waals surface area contributed by atoms with Gasteiger partial charge in [0.25, 0.3) is 0 Å². The second-order valence-electron chi connectivity index (χ2n) is 5.46. The molecule has 5 nitrogen and oxygen atoms in total. The minimum atomic E-state index is -0.289. The van der Waals surface area contributed by atoms with Crippen LogP contribution in [0, 0.1) is 6.92 Å². The number of anilines is 2. The molecular formula is C13H21N3O2. The number of ether oxygens (including phenoxy) is 1. The van der Waals surface area contributed by atoms with Crippen LogP contribution in [0.15, 0.2) is 12.3 Å². The van der Waals surface area contributed by atoms with Crippen LogP contribution in [0.5, 0.6) is 0 Å². The number of hydrogen-bond acceptors (Lipinski definition) is 5. The van der Waals surface area contributed by atoms with E-state index in [1.807, 2.05) is 26.8 Å². The second kappa shape index (κ2) is 4.74. The van der Waals surface area contributed by atoms with Crippen LogP contribution in [0.1, 0.15) is 19.4 Å². The zero-order valence-corrected chi connectivity index (χ0v) is 11.2. The third-order valence-corrected chi connectivity index (χ3v) is 3.15. The molecule has 1 saturated heterocycles. The molecule has 0 radical (unpaired) electrons. The van der Waals surface area contributed by atoms with E-state index in [1.54, 1.807) is 6.20 Å². The van der Waals surface area contributed by atoms with Crippen molar-refractivity contribution in [1.29, 1.82) is 0 Å². The highest BCUT2D eigenvalue weighted by atomic mass is 16.5. The van der Waals surface area contributed by atoms with E-state index >= 15 is 0 Å². The zero-order valence-electron chi connectivity index (χ0n) is 11.2. The number of hydrogen-bond donors (Lipinski definition) is 2. The van der Waals surface area contributed by atoms with Crippen LogP contribution in [0.4, 0.5) is 11.5 Å². The molecule has 1 aliphatic rings. The lowest BCUT2D eigenvalue weighted by molar-refractivity contribution is -0.101. The summed E-state index contributed by atoms with van der Waals surface area (Å²) >= 11 is 0. The van der Waals surface area contributed by atoms with E-state index in [-0.39, 0.29) is 18.3 Å². The van der Waals surface area contributed by atoms with Crippen LogP contribution in [0.2, 0.25) is 0 Å². The van der Waals surface area contributed by atoms with Crippen molar-refractivity contribution in [2.24, 2.45) is 0 Å². The van der Waals surface area contributed by atoms with E-state index < -0.39 is 0 Å². The lowest BCUT2D eigenvalue weighted by Crippen LogP contribution is -2.54. The summed E-state index contributed by atoms with van der Waals surface area (Å²) in [6.45, 7) is 7.43. The zero-order chi connectivity index (χ0) is 13.3. The smallest absolute Gasteiger partial charge is 0.129 e. The molecule has 0 saturated carbocycles. The number of aromatic nitrogens is 1. The molecule has 1 aromatic rings. The molecule has 2 heterocycles. The van der Waals surface area contributed by atoms with Gasteiger partial charge in [0.2, 0.25) is 0 Å². The lowest BCUT2D eigenvalue weighted by Gasteiger charge is -2.42. The van der Waals surface area contributed by atoms with E-state index in [9.17, 15) is 5.11 Å². The monoisotopic (exact) mass is 251 g/mol. The van der Waals surface area contributed by atoms with Gasteiger partial charge in [-0.25, -0.2) is 4.98 Å². The average Bonchev–Trinajstić information content (AvgIpc) is 2.30. The fourth-order valence-corrected chi connectivity index (χ4v) is 2.29. The highest BCUT2D eigenvalue weighted by Crippen LogP contribution is 2.26. The summed E-state index contributed by atoms with van der Waals surface area (Å²) in [6, 6.07) is 1.98. The molecule has 1 aliphatic heterocycles. The highest BCUT2D eigenvalue weighted by Gasteiger charge is 2.33. The Kier molecular flexibility index (Phi) is 3.45. The van der Waals surface area contributed by atoms with Gasteiger partial charge in [-0.15, -0.1) is 0 Å². The Bertz CT molecular complexity index is 434. The molecule has 0 aromatic carbocycles. The van der Waals surface area contributed by atoms with E-state index in [0.29, 0.717) is 12.2 Å². The van der Waals surface area contributed by atoms with Gasteiger partial charge in [-0.1, -0.05) is 0 Å². The summed E-state index contributed by atoms with van der Waals surface area (Å²) in [6.07, 6.45) is 1.51. The summed E-state index contributed by atoms with van der Waals surface area (Å²) in [4.78, 5) is 6.50. The molecular weight excluding hydrogens is 230 g/mol. The topological polar surface area (TPSA) is 71.6 Å². The SMILES string of the molecule is Cc1cc(N2CC(CO)OC(C)(C)C2)ncc1N. The van der Waals surface area contributed by atoms with E-state index in [1.165, 1.54) is 0 Å². The molecule has 3 N–H and O–H groups in total. The molecule has 0 amide bonds. The number of aryl methyl sites for hydroxylation is 1. The Morgan fingerprint density at radius 2 is 2.33 bits per heavy atom. The van der Waals surface area contributed by atoms with Crippen LogP contribution in [0.25, 0.3) is 0 Å².